The van der Waals surface area contributed by atoms with Gasteiger partial charge in [-0.3, -0.25) is 9.36 Å². The molecule has 1 amide bonds. The minimum Gasteiger partial charge on any atom is -0.350 e. The van der Waals surface area contributed by atoms with E-state index < -0.39 is 17.8 Å². The summed E-state index contributed by atoms with van der Waals surface area (Å²) in [5.41, 5.74) is 0.194. The molecule has 1 N–H and O–H groups in total. The number of amides is 1. The van der Waals surface area contributed by atoms with Gasteiger partial charge in [0.2, 0.25) is 5.91 Å². The van der Waals surface area contributed by atoms with Gasteiger partial charge < -0.3 is 5.32 Å². The van der Waals surface area contributed by atoms with Crippen molar-refractivity contribution in [3.63, 3.8) is 0 Å². The summed E-state index contributed by atoms with van der Waals surface area (Å²) < 4.78 is 53.7. The van der Waals surface area contributed by atoms with Crippen molar-refractivity contribution in [2.24, 2.45) is 0 Å². The molecule has 0 fully saturated rings. The van der Waals surface area contributed by atoms with Crippen LogP contribution in [0.25, 0.3) is 11.4 Å². The summed E-state index contributed by atoms with van der Waals surface area (Å²) in [5.74, 6) is 0.127. The number of aromatic nitrogens is 3. The van der Waals surface area contributed by atoms with Crippen molar-refractivity contribution >= 4 is 5.91 Å². The summed E-state index contributed by atoms with van der Waals surface area (Å²) in [5, 5.41) is 10.8. The van der Waals surface area contributed by atoms with E-state index >= 15 is 0 Å². The number of carbonyl (C=O) groups excluding carboxylic acids is 1. The maximum Gasteiger partial charge on any atom is 0.416 e. The van der Waals surface area contributed by atoms with Crippen molar-refractivity contribution in [1.29, 1.82) is 0 Å². The molecule has 0 aliphatic carbocycles. The first kappa shape index (κ1) is 19.1. The normalized spacial score (nSPS) is 15.9. The predicted octanol–water partition coefficient (Wildman–Crippen LogP) is 3.91. The van der Waals surface area contributed by atoms with Crippen LogP contribution < -0.4 is 5.32 Å². The molecule has 2 aromatic carbocycles. The van der Waals surface area contributed by atoms with Gasteiger partial charge in [-0.2, -0.15) is 13.2 Å². The number of benzene rings is 2. The molecule has 9 heteroatoms. The predicted molar refractivity (Wildman–Crippen MR) is 96.1 cm³/mol. The van der Waals surface area contributed by atoms with E-state index in [4.69, 9.17) is 0 Å². The van der Waals surface area contributed by atoms with Gasteiger partial charge in [-0.1, -0.05) is 24.3 Å². The smallest absolute Gasteiger partial charge is 0.350 e. The number of fused-ring (bicyclic) bond motifs is 1. The average molecular weight is 404 g/mol. The fourth-order valence-electron chi connectivity index (χ4n) is 3.41. The highest BCUT2D eigenvalue weighted by molar-refractivity contribution is 5.81. The Morgan fingerprint density at radius 1 is 1.14 bits per heavy atom. The summed E-state index contributed by atoms with van der Waals surface area (Å²) in [6.45, 7) is 0.214. The second-order valence-corrected chi connectivity index (χ2v) is 6.79. The lowest BCUT2D eigenvalue weighted by molar-refractivity contribution is -0.137. The van der Waals surface area contributed by atoms with Crippen molar-refractivity contribution in [3.05, 3.63) is 71.3 Å². The molecule has 1 unspecified atom stereocenters. The molecule has 5 nitrogen and oxygen atoms in total. The Balaban J connectivity index is 1.57. The van der Waals surface area contributed by atoms with Crippen LogP contribution >= 0.6 is 0 Å². The van der Waals surface area contributed by atoms with Gasteiger partial charge in [0, 0.05) is 18.5 Å². The highest BCUT2D eigenvalue weighted by atomic mass is 19.4. The lowest BCUT2D eigenvalue weighted by Gasteiger charge is -2.16. The maximum atomic E-state index is 13.0. The molecule has 0 saturated heterocycles. The molecular formula is C20H16F4N4O. The molecule has 29 heavy (non-hydrogen) atoms. The average Bonchev–Trinajstić information content (AvgIpc) is 3.29. The molecular weight excluding hydrogens is 388 g/mol. The molecule has 1 aromatic heterocycles. The standard InChI is InChI=1S/C20H16F4N4O/c21-15-6-4-12(5-7-15)11-25-19(29)16-8-9-17-26-27-18(28(16)17)13-2-1-3-14(10-13)20(22,23)24/h1-7,10,16H,8-9,11H2,(H,25,29). The summed E-state index contributed by atoms with van der Waals surface area (Å²) in [6.07, 6.45) is -3.50. The third-order valence-electron chi connectivity index (χ3n) is 4.85. The van der Waals surface area contributed by atoms with E-state index in [1.165, 1.54) is 24.3 Å². The largest absolute Gasteiger partial charge is 0.416 e. The first-order valence-electron chi connectivity index (χ1n) is 8.96. The van der Waals surface area contributed by atoms with Gasteiger partial charge in [-0.25, -0.2) is 4.39 Å². The molecule has 0 bridgehead atoms. The van der Waals surface area contributed by atoms with Crippen LogP contribution in [0.4, 0.5) is 17.6 Å². The van der Waals surface area contributed by atoms with E-state index in [1.54, 1.807) is 16.7 Å². The van der Waals surface area contributed by atoms with Gasteiger partial charge in [0.1, 0.15) is 17.7 Å². The number of alkyl halides is 3. The molecule has 2 heterocycles. The second kappa shape index (κ2) is 7.31. The third kappa shape index (κ3) is 3.85. The van der Waals surface area contributed by atoms with Crippen molar-refractivity contribution in [2.75, 3.05) is 0 Å². The maximum absolute atomic E-state index is 13.0. The Bertz CT molecular complexity index is 1040. The van der Waals surface area contributed by atoms with Gasteiger partial charge in [0.25, 0.3) is 0 Å². The number of nitrogens with one attached hydrogen (secondary N) is 1. The van der Waals surface area contributed by atoms with E-state index in [-0.39, 0.29) is 29.7 Å². The van der Waals surface area contributed by atoms with E-state index in [2.05, 4.69) is 15.5 Å². The highest BCUT2D eigenvalue weighted by Crippen LogP contribution is 2.35. The van der Waals surface area contributed by atoms with E-state index in [0.29, 0.717) is 18.7 Å². The van der Waals surface area contributed by atoms with Crippen LogP contribution in [-0.4, -0.2) is 20.7 Å². The van der Waals surface area contributed by atoms with E-state index in [1.807, 2.05) is 0 Å². The van der Waals surface area contributed by atoms with Crippen LogP contribution in [0.15, 0.2) is 48.5 Å². The van der Waals surface area contributed by atoms with Crippen LogP contribution in [-0.2, 0) is 23.9 Å². The van der Waals surface area contributed by atoms with Crippen LogP contribution in [0, 0.1) is 5.82 Å². The third-order valence-corrected chi connectivity index (χ3v) is 4.85. The zero-order chi connectivity index (χ0) is 20.6. The van der Waals surface area contributed by atoms with Crippen LogP contribution in [0.3, 0.4) is 0 Å². The van der Waals surface area contributed by atoms with Crippen LogP contribution in [0.5, 0.6) is 0 Å². The molecule has 1 aliphatic heterocycles. The number of carbonyl (C=O) groups is 1. The molecule has 3 aromatic rings. The second-order valence-electron chi connectivity index (χ2n) is 6.79. The van der Waals surface area contributed by atoms with E-state index in [9.17, 15) is 22.4 Å². The molecule has 0 radical (unpaired) electrons. The highest BCUT2D eigenvalue weighted by Gasteiger charge is 2.34. The van der Waals surface area contributed by atoms with Crippen molar-refractivity contribution in [3.8, 4) is 11.4 Å². The first-order valence-corrected chi connectivity index (χ1v) is 8.96. The summed E-state index contributed by atoms with van der Waals surface area (Å²) in [4.78, 5) is 12.7. The molecule has 150 valence electrons. The van der Waals surface area contributed by atoms with Gasteiger partial charge >= 0.3 is 6.18 Å². The van der Waals surface area contributed by atoms with Gasteiger partial charge in [0.05, 0.1) is 5.56 Å². The van der Waals surface area contributed by atoms with Crippen LogP contribution in [0.2, 0.25) is 0 Å². The summed E-state index contributed by atoms with van der Waals surface area (Å²) in [7, 11) is 0. The van der Waals surface area contributed by atoms with Gasteiger partial charge in [-0.05, 0) is 36.2 Å². The lowest BCUT2D eigenvalue weighted by Crippen LogP contribution is -2.31. The monoisotopic (exact) mass is 404 g/mol. The van der Waals surface area contributed by atoms with Crippen LogP contribution in [0.1, 0.15) is 29.4 Å². The van der Waals surface area contributed by atoms with Crippen molar-refractivity contribution in [1.82, 2.24) is 20.1 Å². The summed E-state index contributed by atoms with van der Waals surface area (Å²) >= 11 is 0. The van der Waals surface area contributed by atoms with Gasteiger partial charge in [0.15, 0.2) is 5.82 Å². The molecule has 0 saturated carbocycles. The quantitative estimate of drug-likeness (QED) is 0.671. The first-order chi connectivity index (χ1) is 13.8. The number of rotatable bonds is 4. The SMILES string of the molecule is O=C(NCc1ccc(F)cc1)C1CCc2nnc(-c3cccc(C(F)(F)F)c3)n21. The Morgan fingerprint density at radius 3 is 2.62 bits per heavy atom. The zero-order valence-corrected chi connectivity index (χ0v) is 15.1. The number of nitrogens with zero attached hydrogens (tertiary/aromatic N) is 3. The molecule has 1 aliphatic rings. The minimum absolute atomic E-state index is 0.214. The number of hydrogen-bond donors (Lipinski definition) is 1. The fourth-order valence-corrected chi connectivity index (χ4v) is 3.41. The summed E-state index contributed by atoms with van der Waals surface area (Å²) in [6, 6.07) is 9.94. The number of hydrogen-bond acceptors (Lipinski definition) is 3. The Hall–Kier alpha value is -3.23. The lowest BCUT2D eigenvalue weighted by atomic mass is 10.1. The molecule has 1 atom stereocenters. The van der Waals surface area contributed by atoms with E-state index in [0.717, 1.165) is 17.7 Å². The van der Waals surface area contributed by atoms with Gasteiger partial charge in [-0.15, -0.1) is 10.2 Å². The number of aryl methyl sites for hydroxylation is 1. The van der Waals surface area contributed by atoms with Crippen molar-refractivity contribution in [2.45, 2.75) is 31.6 Å². The molecule has 4 rings (SSSR count). The minimum atomic E-state index is -4.48. The number of halogens is 4. The topological polar surface area (TPSA) is 59.8 Å². The fraction of sp³-hybridized carbons (Fsp3) is 0.250. The van der Waals surface area contributed by atoms with Crippen molar-refractivity contribution < 1.29 is 22.4 Å². The Kier molecular flexibility index (Phi) is 4.81. The Morgan fingerprint density at radius 2 is 1.90 bits per heavy atom. The zero-order valence-electron chi connectivity index (χ0n) is 15.1. The molecule has 0 spiro atoms. The Labute approximate surface area is 163 Å².